The monoisotopic (exact) mass is 777 g/mol. The molecule has 0 N–H and O–H groups in total. The maximum absolute atomic E-state index is 2.42. The van der Waals surface area contributed by atoms with Gasteiger partial charge in [0, 0.05) is 22.5 Å². The van der Waals surface area contributed by atoms with Gasteiger partial charge in [-0.3, -0.25) is 0 Å². The van der Waals surface area contributed by atoms with Crippen molar-refractivity contribution in [2.24, 2.45) is 0 Å². The van der Waals surface area contributed by atoms with Crippen LogP contribution in [0.25, 0.3) is 66.4 Å². The van der Waals surface area contributed by atoms with E-state index in [0.29, 0.717) is 0 Å². The smallest absolute Gasteiger partial charge is 0.0462 e. The number of fused-ring (bicyclic) bond motifs is 4. The molecule has 1 heteroatoms. The van der Waals surface area contributed by atoms with Crippen LogP contribution < -0.4 is 4.90 Å². The van der Waals surface area contributed by atoms with Crippen molar-refractivity contribution in [3.05, 3.63) is 259 Å². The lowest BCUT2D eigenvalue weighted by Gasteiger charge is -2.30. The predicted molar refractivity (Wildman–Crippen MR) is 258 cm³/mol. The van der Waals surface area contributed by atoms with Gasteiger partial charge in [-0.15, -0.1) is 0 Å². The van der Waals surface area contributed by atoms with Crippen LogP contribution in [0.1, 0.15) is 23.6 Å². The first-order valence-electron chi connectivity index (χ1n) is 21.2. The zero-order valence-electron chi connectivity index (χ0n) is 34.0. The molecule has 0 saturated heterocycles. The number of benzene rings is 10. The first kappa shape index (κ1) is 36.3. The second kappa shape index (κ2) is 15.1. The number of anilines is 3. The minimum atomic E-state index is -0.312. The minimum absolute atomic E-state index is 0.312. The van der Waals surface area contributed by atoms with Gasteiger partial charge in [-0.05, 0) is 145 Å². The fourth-order valence-corrected chi connectivity index (χ4v) is 9.60. The second-order valence-electron chi connectivity index (χ2n) is 16.2. The Morgan fingerprint density at radius 3 is 1.25 bits per heavy atom. The summed E-state index contributed by atoms with van der Waals surface area (Å²) in [6.07, 6.45) is 0. The van der Waals surface area contributed by atoms with Crippen molar-refractivity contribution in [3.8, 4) is 55.6 Å². The highest BCUT2D eigenvalue weighted by Crippen LogP contribution is 2.53. The minimum Gasteiger partial charge on any atom is -0.311 e. The summed E-state index contributed by atoms with van der Waals surface area (Å²) in [4.78, 5) is 2.37. The SMILES string of the molecule is CC1(c2cc(-c3ccccc3)cc(-c3ccc(N(c4ccc(-c5ccccc5)cc4)c4ccc(-c5cccc6ccccc56)cc4)cc3)c2)c2ccccc2-c2ccccc21. The average Bonchev–Trinajstić information content (AvgIpc) is 3.61. The van der Waals surface area contributed by atoms with Gasteiger partial charge in [0.25, 0.3) is 0 Å². The van der Waals surface area contributed by atoms with Crippen LogP contribution in [0.2, 0.25) is 0 Å². The van der Waals surface area contributed by atoms with Crippen LogP contribution in [0.5, 0.6) is 0 Å². The third-order valence-electron chi connectivity index (χ3n) is 12.8. The van der Waals surface area contributed by atoms with E-state index in [2.05, 4.69) is 254 Å². The quantitative estimate of drug-likeness (QED) is 0.149. The molecular weight excluding hydrogens is 735 g/mol. The normalized spacial score (nSPS) is 12.5. The van der Waals surface area contributed by atoms with E-state index in [9.17, 15) is 0 Å². The van der Waals surface area contributed by atoms with Gasteiger partial charge in [-0.25, -0.2) is 0 Å². The fraction of sp³-hybridized carbons (Fsp3) is 0.0333. The van der Waals surface area contributed by atoms with Crippen LogP contribution in [-0.2, 0) is 5.41 Å². The molecule has 0 radical (unpaired) electrons. The van der Waals surface area contributed by atoms with Crippen LogP contribution in [0.3, 0.4) is 0 Å². The number of hydrogen-bond acceptors (Lipinski definition) is 1. The Hall–Kier alpha value is -7.74. The Bertz CT molecular complexity index is 3110. The molecule has 288 valence electrons. The van der Waals surface area contributed by atoms with E-state index in [1.807, 2.05) is 0 Å². The zero-order valence-corrected chi connectivity index (χ0v) is 34.0. The van der Waals surface area contributed by atoms with Gasteiger partial charge in [0.1, 0.15) is 0 Å². The van der Waals surface area contributed by atoms with E-state index in [1.165, 1.54) is 83.1 Å². The van der Waals surface area contributed by atoms with E-state index in [-0.39, 0.29) is 5.41 Å². The Labute approximate surface area is 358 Å². The molecular formula is C60H43N. The predicted octanol–water partition coefficient (Wildman–Crippen LogP) is 16.3. The first-order valence-corrected chi connectivity index (χ1v) is 21.2. The van der Waals surface area contributed by atoms with Crippen molar-refractivity contribution < 1.29 is 0 Å². The molecule has 1 nitrogen and oxygen atoms in total. The number of nitrogens with zero attached hydrogens (tertiary/aromatic N) is 1. The molecule has 0 amide bonds. The molecule has 61 heavy (non-hydrogen) atoms. The maximum Gasteiger partial charge on any atom is 0.0462 e. The molecule has 10 aromatic rings. The number of rotatable bonds is 8. The van der Waals surface area contributed by atoms with E-state index in [1.54, 1.807) is 0 Å². The average molecular weight is 778 g/mol. The maximum atomic E-state index is 2.42. The molecule has 0 saturated carbocycles. The Morgan fingerprint density at radius 1 is 0.295 bits per heavy atom. The van der Waals surface area contributed by atoms with Crippen LogP contribution in [0.15, 0.2) is 243 Å². The van der Waals surface area contributed by atoms with Gasteiger partial charge < -0.3 is 4.90 Å². The topological polar surface area (TPSA) is 3.24 Å². The van der Waals surface area contributed by atoms with Crippen molar-refractivity contribution in [2.75, 3.05) is 4.90 Å². The molecule has 0 spiro atoms. The first-order chi connectivity index (χ1) is 30.1. The van der Waals surface area contributed by atoms with Crippen LogP contribution in [0, 0.1) is 0 Å². The molecule has 0 fully saturated rings. The Balaban J connectivity index is 1.01. The molecule has 0 aliphatic heterocycles. The second-order valence-corrected chi connectivity index (χ2v) is 16.2. The van der Waals surface area contributed by atoms with Crippen molar-refractivity contribution in [3.63, 3.8) is 0 Å². The van der Waals surface area contributed by atoms with Crippen LogP contribution >= 0.6 is 0 Å². The summed E-state index contributed by atoms with van der Waals surface area (Å²) in [6.45, 7) is 2.40. The van der Waals surface area contributed by atoms with E-state index in [0.717, 1.165) is 17.1 Å². The standard InChI is InChI=1S/C60H43N/c1-60(58-25-12-10-22-56(58)57-23-11-13-26-59(57)60)50-40-48(43-17-6-3-7-18-43)39-49(41-50)45-29-35-52(36-30-45)61(51-33-27-44(28-34-51)42-15-4-2-5-16-42)53-37-31-47(32-38-53)55-24-14-20-46-19-8-9-21-54(46)55/h2-41H,1H3. The fourth-order valence-electron chi connectivity index (χ4n) is 9.60. The summed E-state index contributed by atoms with van der Waals surface area (Å²) in [5.41, 5.74) is 19.3. The summed E-state index contributed by atoms with van der Waals surface area (Å²) in [7, 11) is 0. The Kier molecular flexibility index (Phi) is 9.02. The van der Waals surface area contributed by atoms with E-state index < -0.39 is 0 Å². The van der Waals surface area contributed by atoms with Crippen molar-refractivity contribution in [1.82, 2.24) is 0 Å². The van der Waals surface area contributed by atoms with Gasteiger partial charge in [-0.1, -0.05) is 188 Å². The van der Waals surface area contributed by atoms with Crippen LogP contribution in [-0.4, -0.2) is 0 Å². The van der Waals surface area contributed by atoms with Gasteiger partial charge in [0.15, 0.2) is 0 Å². The molecule has 0 aromatic heterocycles. The summed E-state index contributed by atoms with van der Waals surface area (Å²) in [5, 5.41) is 2.51. The lowest BCUT2D eigenvalue weighted by Crippen LogP contribution is -2.22. The van der Waals surface area contributed by atoms with Crippen molar-refractivity contribution >= 4 is 27.8 Å². The lowest BCUT2D eigenvalue weighted by molar-refractivity contribution is 0.714. The summed E-state index contributed by atoms with van der Waals surface area (Å²) < 4.78 is 0. The molecule has 0 unspecified atom stereocenters. The van der Waals surface area contributed by atoms with Gasteiger partial charge >= 0.3 is 0 Å². The highest BCUT2D eigenvalue weighted by Gasteiger charge is 2.40. The van der Waals surface area contributed by atoms with Crippen molar-refractivity contribution in [1.29, 1.82) is 0 Å². The van der Waals surface area contributed by atoms with E-state index >= 15 is 0 Å². The Morgan fingerprint density at radius 2 is 0.689 bits per heavy atom. The van der Waals surface area contributed by atoms with Crippen molar-refractivity contribution in [2.45, 2.75) is 12.3 Å². The summed E-state index contributed by atoms with van der Waals surface area (Å²) in [6, 6.07) is 88.7. The largest absolute Gasteiger partial charge is 0.311 e. The molecule has 0 heterocycles. The van der Waals surface area contributed by atoms with Gasteiger partial charge in [0.05, 0.1) is 0 Å². The highest BCUT2D eigenvalue weighted by atomic mass is 15.1. The zero-order chi connectivity index (χ0) is 40.8. The van der Waals surface area contributed by atoms with E-state index in [4.69, 9.17) is 0 Å². The molecule has 0 atom stereocenters. The van der Waals surface area contributed by atoms with Gasteiger partial charge in [-0.2, -0.15) is 0 Å². The molecule has 0 bridgehead atoms. The molecule has 1 aliphatic rings. The molecule has 11 rings (SSSR count). The lowest BCUT2D eigenvalue weighted by atomic mass is 9.73. The molecule has 1 aliphatic carbocycles. The third kappa shape index (κ3) is 6.43. The highest BCUT2D eigenvalue weighted by molar-refractivity contribution is 5.97. The summed E-state index contributed by atoms with van der Waals surface area (Å²) >= 11 is 0. The number of hydrogen-bond donors (Lipinski definition) is 0. The summed E-state index contributed by atoms with van der Waals surface area (Å²) in [5.74, 6) is 0. The third-order valence-corrected chi connectivity index (χ3v) is 12.8. The molecule has 10 aromatic carbocycles. The van der Waals surface area contributed by atoms with Crippen LogP contribution in [0.4, 0.5) is 17.1 Å². The van der Waals surface area contributed by atoms with Gasteiger partial charge in [0.2, 0.25) is 0 Å².